The number of aromatic nitrogens is 1. The summed E-state index contributed by atoms with van der Waals surface area (Å²) in [6.45, 7) is 1.49. The lowest BCUT2D eigenvalue weighted by Gasteiger charge is -2.33. The molecule has 542 valence electrons. The second-order valence-corrected chi connectivity index (χ2v) is 27.0. The van der Waals surface area contributed by atoms with Crippen molar-refractivity contribution in [3.8, 4) is 5.75 Å². The van der Waals surface area contributed by atoms with E-state index in [2.05, 4.69) is 47.5 Å². The number of aliphatic hydroxyl groups is 3. The van der Waals surface area contributed by atoms with E-state index in [1.807, 2.05) is 0 Å². The summed E-state index contributed by atoms with van der Waals surface area (Å²) in [7, 11) is 1.85. The zero-order chi connectivity index (χ0) is 72.1. The van der Waals surface area contributed by atoms with Crippen LogP contribution in [0.15, 0.2) is 85.1 Å². The number of para-hydroxylation sites is 1. The van der Waals surface area contributed by atoms with Gasteiger partial charge in [-0.3, -0.25) is 72.3 Å². The summed E-state index contributed by atoms with van der Waals surface area (Å²) >= 11 is 0. The van der Waals surface area contributed by atoms with E-state index in [1.165, 1.54) is 38.1 Å². The molecular formula is C65H92N14O18S2. The molecule has 4 aromatic rings. The smallest absolute Gasteiger partial charge is 0.317 e. The zero-order valence-corrected chi connectivity index (χ0v) is 56.8. The fourth-order valence-electron chi connectivity index (χ4n) is 11.1. The van der Waals surface area contributed by atoms with E-state index in [9.17, 15) is 78.9 Å². The van der Waals surface area contributed by atoms with E-state index >= 15 is 9.59 Å². The number of aliphatic hydroxyl groups excluding tert-OH is 3. The number of hydrogen-bond acceptors (Lipinski definition) is 22. The maximum Gasteiger partial charge on any atom is 0.317 e. The van der Waals surface area contributed by atoms with Gasteiger partial charge in [0.1, 0.15) is 42.0 Å². The number of hydrogen-bond donors (Lipinski definition) is 17. The number of aromatic hydroxyl groups is 1. The van der Waals surface area contributed by atoms with Crippen molar-refractivity contribution in [2.45, 2.75) is 113 Å². The Labute approximate surface area is 580 Å². The number of carbonyl (C=O) groups excluding carboxylic acids is 8. The molecule has 32 nitrogen and oxygen atoms in total. The van der Waals surface area contributed by atoms with Crippen LogP contribution in [-0.2, 0) is 65.6 Å². The normalized spacial score (nSPS) is 22.0. The van der Waals surface area contributed by atoms with Crippen LogP contribution in [0.25, 0.3) is 10.9 Å². The van der Waals surface area contributed by atoms with Gasteiger partial charge in [-0.15, -0.1) is 0 Å². The number of H-pyrrole nitrogens is 1. The number of aromatic amines is 1. The first-order chi connectivity index (χ1) is 47.3. The molecule has 99 heavy (non-hydrogen) atoms. The van der Waals surface area contributed by atoms with E-state index in [0.29, 0.717) is 34.0 Å². The minimum Gasteiger partial charge on any atom is -0.508 e. The molecule has 8 amide bonds. The van der Waals surface area contributed by atoms with Crippen LogP contribution in [0, 0.1) is 0 Å². The Kier molecular flexibility index (Phi) is 32.6. The first-order valence-corrected chi connectivity index (χ1v) is 35.0. The highest BCUT2D eigenvalue weighted by Gasteiger charge is 2.37. The molecule has 0 saturated carbocycles. The van der Waals surface area contributed by atoms with Gasteiger partial charge in [-0.05, 0) is 74.5 Å². The molecule has 3 heterocycles. The minimum atomic E-state index is -1.76. The molecule has 2 aliphatic rings. The van der Waals surface area contributed by atoms with Gasteiger partial charge in [0.25, 0.3) is 0 Å². The van der Waals surface area contributed by atoms with Crippen LogP contribution in [0.5, 0.6) is 5.75 Å². The number of carboxylic acid groups (broad SMARTS) is 3. The number of nitrogens with zero attached hydrogens (tertiary/aromatic N) is 4. The van der Waals surface area contributed by atoms with Gasteiger partial charge in [-0.1, -0.05) is 82.3 Å². The molecular weight excluding hydrogens is 1330 g/mol. The summed E-state index contributed by atoms with van der Waals surface area (Å²) in [6.07, 6.45) is -1.59. The maximum absolute atomic E-state index is 15.2. The Morgan fingerprint density at radius 2 is 1.12 bits per heavy atom. The zero-order valence-electron chi connectivity index (χ0n) is 55.2. The molecule has 34 heteroatoms. The van der Waals surface area contributed by atoms with Crippen molar-refractivity contribution in [3.63, 3.8) is 0 Å². The number of amides is 8. The fourth-order valence-corrected chi connectivity index (χ4v) is 13.4. The van der Waals surface area contributed by atoms with E-state index < -0.39 is 152 Å². The van der Waals surface area contributed by atoms with Gasteiger partial charge in [0, 0.05) is 93.8 Å². The topological polar surface area (TPSA) is 480 Å². The number of fused-ring (bicyclic) bond motifs is 1. The third kappa shape index (κ3) is 27.0. The third-order valence-corrected chi connectivity index (χ3v) is 19.1. The van der Waals surface area contributed by atoms with Crippen LogP contribution in [0.2, 0.25) is 0 Å². The Bertz CT molecular complexity index is 3320. The van der Waals surface area contributed by atoms with Gasteiger partial charge in [0.15, 0.2) is 0 Å². The highest BCUT2D eigenvalue weighted by Crippen LogP contribution is 2.26. The number of aliphatic carboxylic acids is 3. The van der Waals surface area contributed by atoms with Gasteiger partial charge in [-0.2, -0.15) is 0 Å². The van der Waals surface area contributed by atoms with Crippen molar-refractivity contribution < 1.29 is 88.5 Å². The summed E-state index contributed by atoms with van der Waals surface area (Å²) in [6, 6.07) is 9.61. The summed E-state index contributed by atoms with van der Waals surface area (Å²) in [4.78, 5) is 163. The lowest BCUT2D eigenvalue weighted by atomic mass is 10.0. The first-order valence-electron chi connectivity index (χ1n) is 32.5. The van der Waals surface area contributed by atoms with Crippen molar-refractivity contribution in [1.29, 1.82) is 0 Å². The molecule has 1 aromatic heterocycles. The molecule has 1 unspecified atom stereocenters. The number of carboxylic acids is 3. The van der Waals surface area contributed by atoms with Gasteiger partial charge < -0.3 is 89.0 Å². The van der Waals surface area contributed by atoms with Gasteiger partial charge in [0.05, 0.1) is 63.5 Å². The number of phenols is 1. The minimum absolute atomic E-state index is 0.0473. The van der Waals surface area contributed by atoms with E-state index in [0.717, 1.165) is 21.6 Å². The van der Waals surface area contributed by atoms with Crippen molar-refractivity contribution >= 4 is 97.7 Å². The molecule has 6 rings (SSSR count). The summed E-state index contributed by atoms with van der Waals surface area (Å²) in [5, 5.41) is 93.2. The van der Waals surface area contributed by atoms with Crippen LogP contribution < -0.4 is 48.3 Å². The summed E-state index contributed by atoms with van der Waals surface area (Å²) in [5.41, 5.74) is 7.97. The van der Waals surface area contributed by atoms with E-state index in [-0.39, 0.29) is 115 Å². The third-order valence-electron chi connectivity index (χ3n) is 16.6. The van der Waals surface area contributed by atoms with Gasteiger partial charge >= 0.3 is 17.9 Å². The number of phenolic OH excluding ortho intramolecular Hbond substituents is 1. The standard InChI is InChI=1S/C65H92N14O18S2/c1-39(81)51(36-80)73-64(96)53-38-99-98-37-52(69-54(84)30-48(42-10-4-3-5-11-42)68-55(85)32-76-20-22-77(33-56(86)87)24-26-79(35-58(90)91)27-25-78(23-21-76)34-57(88)89)63(95)71-49(28-41-15-17-44(83)18-16-41)61(93)72-50(29-43-31-67-46-13-7-6-12-45(43)46)62(94)70-47(14-8-9-19-66)60(92)75-59(40(2)82)65(97)74-53/h3-7,10-13,15-18,31,39-40,47-53,59,67,80-83H,8-9,14,19-30,32-38,66H2,1-2H3,(H,68,85)(H,69,84)(H,70,94)(H,71,95)(H,72,93)(H,73,96)(H,74,97)(H,75,92)(H,86,87)(H,88,89)(H,90,91)/t39-,40-,47+,48?,49+,50-,51-,52+,53+,59+/m1/s1. The summed E-state index contributed by atoms with van der Waals surface area (Å²) < 4.78 is 0. The molecule has 2 saturated heterocycles. The predicted molar refractivity (Wildman–Crippen MR) is 366 cm³/mol. The van der Waals surface area contributed by atoms with Crippen molar-refractivity contribution in [2.75, 3.05) is 103 Å². The van der Waals surface area contributed by atoms with Crippen molar-refractivity contribution in [1.82, 2.24) is 67.1 Å². The first kappa shape index (κ1) is 79.5. The number of nitrogens with two attached hydrogens (primary N) is 1. The molecule has 0 bridgehead atoms. The number of carbonyl (C=O) groups is 11. The second-order valence-electron chi connectivity index (χ2n) is 24.4. The highest BCUT2D eigenvalue weighted by atomic mass is 33.1. The van der Waals surface area contributed by atoms with Crippen LogP contribution in [-0.4, -0.2) is 283 Å². The molecule has 0 radical (unpaired) electrons. The van der Waals surface area contributed by atoms with Crippen LogP contribution in [0.4, 0.5) is 0 Å². The Hall–Kier alpha value is -8.45. The monoisotopic (exact) mass is 1420 g/mol. The molecule has 0 spiro atoms. The molecule has 2 fully saturated rings. The lowest BCUT2D eigenvalue weighted by Crippen LogP contribution is -2.62. The van der Waals surface area contributed by atoms with Gasteiger partial charge in [0.2, 0.25) is 47.3 Å². The largest absolute Gasteiger partial charge is 0.508 e. The fraction of sp³-hybridized carbons (Fsp3) is 0.523. The van der Waals surface area contributed by atoms with Gasteiger partial charge in [-0.25, -0.2) is 0 Å². The molecule has 0 aliphatic carbocycles. The van der Waals surface area contributed by atoms with Crippen molar-refractivity contribution in [2.24, 2.45) is 5.73 Å². The molecule has 2 aliphatic heterocycles. The number of rotatable bonds is 26. The number of benzene rings is 3. The van der Waals surface area contributed by atoms with Crippen LogP contribution in [0.3, 0.4) is 0 Å². The van der Waals surface area contributed by atoms with Crippen molar-refractivity contribution in [3.05, 3.63) is 102 Å². The van der Waals surface area contributed by atoms with Crippen LogP contribution >= 0.6 is 21.6 Å². The Morgan fingerprint density at radius 1 is 0.596 bits per heavy atom. The second kappa shape index (κ2) is 40.6. The van der Waals surface area contributed by atoms with E-state index in [1.54, 1.807) is 80.4 Å². The SMILES string of the molecule is C[C@@H](O)[C@@H]1NC(=O)[C@H](CCCCN)NC(=O)[C@@H](Cc2c[nH]c3ccccc23)NC(=O)[C@H](Cc2ccc(O)cc2)NC(=O)[C@@H](NC(=O)CC(NC(=O)CN2CCN(CC(=O)O)CCN(CC(=O)O)CCN(CC(=O)O)CC2)c2ccccc2)CSSC[C@@H](C(=O)N[C@H](CO)[C@@H](C)O)NC1=O. The Balaban J connectivity index is 1.36. The molecule has 10 atom stereocenters. The number of unbranched alkanes of at least 4 members (excludes halogenated alkanes) is 1. The summed E-state index contributed by atoms with van der Waals surface area (Å²) in [5.74, 6) is -11.2. The lowest BCUT2D eigenvalue weighted by molar-refractivity contribution is -0.140. The number of nitrogens with one attached hydrogen (secondary N) is 9. The average molecular weight is 1420 g/mol. The average Bonchev–Trinajstić information content (AvgIpc) is 1.78. The molecule has 18 N–H and O–H groups in total. The van der Waals surface area contributed by atoms with E-state index in [4.69, 9.17) is 5.73 Å². The maximum atomic E-state index is 15.2. The Morgan fingerprint density at radius 3 is 1.68 bits per heavy atom. The quantitative estimate of drug-likeness (QED) is 0.0221. The van der Waals surface area contributed by atoms with Crippen LogP contribution in [0.1, 0.15) is 62.3 Å². The highest BCUT2D eigenvalue weighted by molar-refractivity contribution is 8.76. The predicted octanol–water partition coefficient (Wildman–Crippen LogP) is -2.95. The molecule has 3 aromatic carbocycles.